The minimum atomic E-state index is -1.03. The number of ketones is 1. The van der Waals surface area contributed by atoms with Crippen molar-refractivity contribution in [2.45, 2.75) is 102 Å². The van der Waals surface area contributed by atoms with E-state index in [-0.39, 0.29) is 30.7 Å². The summed E-state index contributed by atoms with van der Waals surface area (Å²) >= 11 is 0. The van der Waals surface area contributed by atoms with Gasteiger partial charge in [-0.25, -0.2) is 0 Å². The lowest BCUT2D eigenvalue weighted by atomic mass is 9.73. The Labute approximate surface area is 327 Å². The highest BCUT2D eigenvalue weighted by molar-refractivity contribution is 5.83. The number of aliphatic hydroxyl groups is 3. The average molecular weight is 755 g/mol. The Hall–Kier alpha value is -4.81. The summed E-state index contributed by atoms with van der Waals surface area (Å²) in [6, 6.07) is 9.69. The zero-order valence-electron chi connectivity index (χ0n) is 31.8. The van der Waals surface area contributed by atoms with Crippen LogP contribution in [0.15, 0.2) is 61.1 Å². The highest BCUT2D eigenvalue weighted by atomic mass is 16.5. The molecule has 9 rings (SSSR count). The minimum absolute atomic E-state index is 0.0165. The first-order chi connectivity index (χ1) is 27.2. The molecule has 1 saturated carbocycles. The molecule has 7 N–H and O–H groups in total. The maximum Gasteiger partial charge on any atom is 0.191 e. The van der Waals surface area contributed by atoms with Crippen molar-refractivity contribution >= 4 is 16.7 Å². The molecule has 3 aliphatic heterocycles. The highest BCUT2D eigenvalue weighted by Crippen LogP contribution is 2.50. The third kappa shape index (κ3) is 6.84. The normalized spacial score (nSPS) is 27.8. The van der Waals surface area contributed by atoms with Gasteiger partial charge in [0.2, 0.25) is 0 Å². The number of carbonyl (C=O) groups excluding carboxylic acids is 1. The molecule has 0 saturated heterocycles. The first kappa shape index (κ1) is 36.8. The van der Waals surface area contributed by atoms with Crippen molar-refractivity contribution in [2.24, 2.45) is 28.9 Å². The molecule has 1 spiro atoms. The van der Waals surface area contributed by atoms with Crippen LogP contribution in [0.3, 0.4) is 0 Å². The summed E-state index contributed by atoms with van der Waals surface area (Å²) in [5.74, 6) is 10.7. The number of ether oxygens (including phenoxy) is 2. The number of aryl methyl sites for hydroxylation is 1. The van der Waals surface area contributed by atoms with Gasteiger partial charge in [0.1, 0.15) is 18.0 Å². The molecule has 0 radical (unpaired) electrons. The first-order valence-electron chi connectivity index (χ1n) is 20.2. The number of aromatic nitrogens is 2. The quantitative estimate of drug-likeness (QED) is 0.109. The predicted octanol–water partition coefficient (Wildman–Crippen LogP) is 5.65. The van der Waals surface area contributed by atoms with Crippen LogP contribution in [0.5, 0.6) is 11.5 Å². The Morgan fingerprint density at radius 1 is 1.07 bits per heavy atom. The molecule has 290 valence electrons. The Kier molecular flexibility index (Phi) is 9.81. The summed E-state index contributed by atoms with van der Waals surface area (Å²) in [4.78, 5) is 16.6. The van der Waals surface area contributed by atoms with Gasteiger partial charge in [0.25, 0.3) is 0 Å². The van der Waals surface area contributed by atoms with E-state index in [0.717, 1.165) is 77.4 Å². The van der Waals surface area contributed by atoms with Gasteiger partial charge in [-0.05, 0) is 83.5 Å². The Balaban J connectivity index is 1.06. The fraction of sp³-hybridized carbons (Fsp3) is 0.457. The third-order valence-corrected chi connectivity index (χ3v) is 12.9. The molecule has 1 fully saturated rings. The maximum atomic E-state index is 13.1. The lowest BCUT2D eigenvalue weighted by Crippen LogP contribution is -2.36. The summed E-state index contributed by atoms with van der Waals surface area (Å²) in [7, 11) is 0. The molecular formula is C46H50N4O6. The molecule has 5 heterocycles. The lowest BCUT2D eigenvalue weighted by Gasteiger charge is -2.35. The molecule has 56 heavy (non-hydrogen) atoms. The molecule has 10 heteroatoms. The van der Waals surface area contributed by atoms with Gasteiger partial charge in [-0.2, -0.15) is 0 Å². The molecule has 2 aromatic carbocycles. The average Bonchev–Trinajstić information content (AvgIpc) is 3.92. The molecule has 2 aromatic heterocycles. The van der Waals surface area contributed by atoms with Crippen LogP contribution in [0.4, 0.5) is 0 Å². The van der Waals surface area contributed by atoms with Gasteiger partial charge >= 0.3 is 0 Å². The zero-order valence-corrected chi connectivity index (χ0v) is 31.8. The minimum Gasteiger partial charge on any atom is -0.465 e. The lowest BCUT2D eigenvalue weighted by molar-refractivity contribution is -0.122. The van der Waals surface area contributed by atoms with Gasteiger partial charge in [-0.1, -0.05) is 67.9 Å². The van der Waals surface area contributed by atoms with Crippen molar-refractivity contribution in [3.8, 4) is 35.4 Å². The topological polar surface area (TPSA) is 155 Å². The second-order valence-corrected chi connectivity index (χ2v) is 16.6. The number of nitrogens with one attached hydrogen (secondary N) is 2. The van der Waals surface area contributed by atoms with E-state index in [4.69, 9.17) is 15.2 Å². The summed E-state index contributed by atoms with van der Waals surface area (Å²) in [6.07, 6.45) is 16.0. The monoisotopic (exact) mass is 754 g/mol. The van der Waals surface area contributed by atoms with Crippen LogP contribution in [-0.4, -0.2) is 49.4 Å². The van der Waals surface area contributed by atoms with Crippen LogP contribution in [0.25, 0.3) is 10.9 Å². The largest absolute Gasteiger partial charge is 0.465 e. The smallest absolute Gasteiger partial charge is 0.191 e. The summed E-state index contributed by atoms with van der Waals surface area (Å²) < 4.78 is 15.3. The summed E-state index contributed by atoms with van der Waals surface area (Å²) in [5.41, 5.74) is 13.0. The number of hydrogen-bond donors (Lipinski definition) is 6. The van der Waals surface area contributed by atoms with Crippen molar-refractivity contribution in [2.75, 3.05) is 6.54 Å². The first-order valence-corrected chi connectivity index (χ1v) is 20.2. The Morgan fingerprint density at radius 2 is 1.91 bits per heavy atom. The number of aliphatic hydroxyl groups excluding tert-OH is 3. The molecule has 5 aliphatic rings. The summed E-state index contributed by atoms with van der Waals surface area (Å²) in [6.45, 7) is 2.79. The van der Waals surface area contributed by atoms with E-state index in [9.17, 15) is 20.1 Å². The van der Waals surface area contributed by atoms with Gasteiger partial charge in [-0.15, -0.1) is 0 Å². The zero-order chi connectivity index (χ0) is 38.6. The van der Waals surface area contributed by atoms with Crippen LogP contribution in [0, 0.1) is 47.0 Å². The van der Waals surface area contributed by atoms with E-state index < -0.39 is 41.8 Å². The fourth-order valence-electron chi connectivity index (χ4n) is 9.76. The third-order valence-electron chi connectivity index (χ3n) is 12.9. The number of hydrogen-bond acceptors (Lipinski definition) is 8. The number of aromatic amines is 1. The van der Waals surface area contributed by atoms with Crippen LogP contribution in [0.1, 0.15) is 104 Å². The molecule has 2 bridgehead atoms. The van der Waals surface area contributed by atoms with E-state index >= 15 is 0 Å². The standard InChI is InChI=1S/C46H50N4O6/c1-27-4-8-34(40(53)20-27)41(54)23-30(51)7-5-28-6-13-42-43(21-28)56-45-37(46(17-19-55-42)15-2-3-16-46)11-12-39(52)32-9-10-33-31(14-18-48-44(33)47)35(32)22-29-24-49-38-26-50(45)25-36(29)38/h4,6,8-10,13,21,24-27,34,37,39-41,44-45,48-49,52-54H,2-3,5,7,14-16,18,20,22-23,47H2,1H3/t27-,34-,37+,39-,40-,41-,44+,45-/m0/s1. The number of carbonyl (C=O) groups is 1. The van der Waals surface area contributed by atoms with Crippen LogP contribution < -0.4 is 20.5 Å². The number of allylic oxidation sites excluding steroid dienone is 1. The van der Waals surface area contributed by atoms with E-state index in [1.54, 1.807) is 0 Å². The van der Waals surface area contributed by atoms with E-state index in [1.165, 1.54) is 5.56 Å². The van der Waals surface area contributed by atoms with Gasteiger partial charge in [0.05, 0.1) is 35.2 Å². The molecule has 8 atom stereocenters. The number of Topliss-reactive ketones (excluding diaryl/α,β-unsaturated/α-hetero) is 1. The van der Waals surface area contributed by atoms with E-state index in [1.807, 2.05) is 49.4 Å². The van der Waals surface area contributed by atoms with Crippen molar-refractivity contribution in [1.29, 1.82) is 0 Å². The number of fused-ring (bicyclic) bond motifs is 8. The van der Waals surface area contributed by atoms with E-state index in [2.05, 4.69) is 57.3 Å². The van der Waals surface area contributed by atoms with Gasteiger partial charge in [0.15, 0.2) is 17.7 Å². The van der Waals surface area contributed by atoms with Crippen molar-refractivity contribution in [3.63, 3.8) is 0 Å². The molecular weight excluding hydrogens is 705 g/mol. The Bertz CT molecular complexity index is 2310. The van der Waals surface area contributed by atoms with Crippen LogP contribution >= 0.6 is 0 Å². The van der Waals surface area contributed by atoms with Crippen molar-refractivity contribution in [1.82, 2.24) is 14.9 Å². The molecule has 4 aromatic rings. The van der Waals surface area contributed by atoms with Crippen molar-refractivity contribution < 1.29 is 29.6 Å². The molecule has 2 aliphatic carbocycles. The van der Waals surface area contributed by atoms with E-state index in [0.29, 0.717) is 30.8 Å². The number of benzene rings is 2. The molecule has 10 nitrogen and oxygen atoms in total. The number of nitrogens with two attached hydrogens (primary N) is 1. The van der Waals surface area contributed by atoms with Crippen molar-refractivity contribution in [3.05, 3.63) is 94.5 Å². The molecule has 0 unspecified atom stereocenters. The maximum absolute atomic E-state index is 13.1. The van der Waals surface area contributed by atoms with Gasteiger partial charge in [-0.3, -0.25) is 10.1 Å². The summed E-state index contributed by atoms with van der Waals surface area (Å²) in [5, 5.41) is 37.7. The van der Waals surface area contributed by atoms with Crippen LogP contribution in [-0.2, 0) is 24.1 Å². The second-order valence-electron chi connectivity index (χ2n) is 16.6. The van der Waals surface area contributed by atoms with Gasteiger partial charge in [0, 0.05) is 55.7 Å². The van der Waals surface area contributed by atoms with Gasteiger partial charge < -0.3 is 40.1 Å². The molecule has 0 amide bonds. The second kappa shape index (κ2) is 14.9. The predicted molar refractivity (Wildman–Crippen MR) is 212 cm³/mol. The Morgan fingerprint density at radius 3 is 2.75 bits per heavy atom. The fourth-order valence-corrected chi connectivity index (χ4v) is 9.76. The number of nitrogens with zero attached hydrogens (tertiary/aromatic N) is 1. The highest BCUT2D eigenvalue weighted by Gasteiger charge is 2.46. The number of rotatable bonds is 6. The SMILES string of the molecule is C[C@H]1C=C[C@H]([C@@H](O)CC(=O)CCc2ccc3c(c2)O[C@H]2[C@@H](C#C[C@H](O)c4ccc5c(c4Cc4c[nH]c6cn2cc46)CCN[C@H]5N)C2(C#CO3)CCCC2)[C@@H](O)C1. The number of H-pyrrole nitrogens is 1. The van der Waals surface area contributed by atoms with Crippen LogP contribution in [0.2, 0.25) is 0 Å².